The van der Waals surface area contributed by atoms with E-state index in [4.69, 9.17) is 0 Å². The maximum atomic E-state index is 13.1. The van der Waals surface area contributed by atoms with E-state index in [1.165, 1.54) is 6.07 Å². The minimum absolute atomic E-state index is 0.303. The second kappa shape index (κ2) is 8.30. The smallest absolute Gasteiger partial charge is 0.351 e. The van der Waals surface area contributed by atoms with Crippen LogP contribution in [0.25, 0.3) is 11.3 Å². The van der Waals surface area contributed by atoms with E-state index in [0.29, 0.717) is 34.8 Å². The number of alkyl halides is 3. The van der Waals surface area contributed by atoms with Crippen molar-refractivity contribution in [2.45, 2.75) is 44.8 Å². The molecule has 1 fully saturated rings. The van der Waals surface area contributed by atoms with E-state index in [2.05, 4.69) is 25.6 Å². The summed E-state index contributed by atoms with van der Waals surface area (Å²) in [5, 5.41) is 6.41. The maximum Gasteiger partial charge on any atom is 0.416 e. The fourth-order valence-electron chi connectivity index (χ4n) is 3.56. The van der Waals surface area contributed by atoms with E-state index in [1.807, 2.05) is 12.1 Å². The Morgan fingerprint density at radius 1 is 1.03 bits per heavy atom. The molecular formula is C22H22F3N5. The largest absolute Gasteiger partial charge is 0.416 e. The Labute approximate surface area is 172 Å². The van der Waals surface area contributed by atoms with Crippen LogP contribution >= 0.6 is 0 Å². The van der Waals surface area contributed by atoms with E-state index in [0.717, 1.165) is 43.4 Å². The molecule has 0 bridgehead atoms. The molecule has 0 unspecified atom stereocenters. The lowest BCUT2D eigenvalue weighted by Crippen LogP contribution is -2.17. The van der Waals surface area contributed by atoms with Crippen molar-refractivity contribution in [2.24, 2.45) is 0 Å². The van der Waals surface area contributed by atoms with Crippen LogP contribution in [0.4, 0.5) is 30.6 Å². The number of hydrogen-bond acceptors (Lipinski definition) is 5. The van der Waals surface area contributed by atoms with Crippen molar-refractivity contribution in [1.29, 1.82) is 0 Å². The summed E-state index contributed by atoms with van der Waals surface area (Å²) in [6.45, 7) is 1.75. The normalized spacial score (nSPS) is 14.7. The van der Waals surface area contributed by atoms with E-state index in [1.54, 1.807) is 25.4 Å². The number of aryl methyl sites for hydroxylation is 1. The number of nitrogens with zero attached hydrogens (tertiary/aromatic N) is 3. The minimum atomic E-state index is -4.41. The van der Waals surface area contributed by atoms with E-state index in [9.17, 15) is 13.2 Å². The van der Waals surface area contributed by atoms with Crippen molar-refractivity contribution in [3.05, 3.63) is 59.9 Å². The van der Waals surface area contributed by atoms with Crippen molar-refractivity contribution in [3.8, 4) is 11.3 Å². The molecule has 2 heterocycles. The Balaban J connectivity index is 1.70. The molecule has 0 amide bonds. The van der Waals surface area contributed by atoms with Gasteiger partial charge in [-0.25, -0.2) is 4.98 Å². The number of rotatable bonds is 5. The van der Waals surface area contributed by atoms with Crippen LogP contribution in [0.5, 0.6) is 0 Å². The summed E-state index contributed by atoms with van der Waals surface area (Å²) >= 11 is 0. The molecule has 1 aliphatic carbocycles. The second-order valence-electron chi connectivity index (χ2n) is 7.48. The molecule has 0 saturated heterocycles. The third-order valence-electron chi connectivity index (χ3n) is 5.20. The number of halogens is 3. The van der Waals surface area contributed by atoms with Gasteiger partial charge in [0.15, 0.2) is 0 Å². The van der Waals surface area contributed by atoms with Gasteiger partial charge in [-0.05, 0) is 49.6 Å². The molecular weight excluding hydrogens is 391 g/mol. The number of hydrogen-bond donors (Lipinski definition) is 2. The molecule has 0 radical (unpaired) electrons. The Morgan fingerprint density at radius 3 is 2.53 bits per heavy atom. The van der Waals surface area contributed by atoms with Gasteiger partial charge in [-0.15, -0.1) is 0 Å². The van der Waals surface area contributed by atoms with Gasteiger partial charge in [-0.2, -0.15) is 18.2 Å². The lowest BCUT2D eigenvalue weighted by molar-refractivity contribution is -0.137. The zero-order chi connectivity index (χ0) is 21.1. The number of pyridine rings is 1. The molecule has 8 heteroatoms. The lowest BCUT2D eigenvalue weighted by atomic mass is 10.1. The highest BCUT2D eigenvalue weighted by Crippen LogP contribution is 2.33. The predicted octanol–water partition coefficient (Wildman–Crippen LogP) is 5.96. The highest BCUT2D eigenvalue weighted by Gasteiger charge is 2.30. The van der Waals surface area contributed by atoms with Crippen LogP contribution in [0, 0.1) is 6.92 Å². The molecule has 5 nitrogen and oxygen atoms in total. The zero-order valence-electron chi connectivity index (χ0n) is 16.5. The van der Waals surface area contributed by atoms with E-state index in [-0.39, 0.29) is 0 Å². The summed E-state index contributed by atoms with van der Waals surface area (Å²) in [4.78, 5) is 13.3. The first-order valence-electron chi connectivity index (χ1n) is 9.89. The van der Waals surface area contributed by atoms with Crippen molar-refractivity contribution >= 4 is 17.5 Å². The molecule has 0 spiro atoms. The van der Waals surface area contributed by atoms with Gasteiger partial charge in [-0.3, -0.25) is 4.98 Å². The summed E-state index contributed by atoms with van der Waals surface area (Å²) in [5.41, 5.74) is 1.78. The van der Waals surface area contributed by atoms with Crippen molar-refractivity contribution in [1.82, 2.24) is 15.0 Å². The van der Waals surface area contributed by atoms with Gasteiger partial charge in [0.2, 0.25) is 5.95 Å². The highest BCUT2D eigenvalue weighted by molar-refractivity contribution is 5.68. The lowest BCUT2D eigenvalue weighted by Gasteiger charge is -2.16. The maximum absolute atomic E-state index is 13.1. The molecule has 0 atom stereocenters. The van der Waals surface area contributed by atoms with Gasteiger partial charge in [-0.1, -0.05) is 18.9 Å². The average molecular weight is 413 g/mol. The summed E-state index contributed by atoms with van der Waals surface area (Å²) in [6, 6.07) is 9.35. The predicted molar refractivity (Wildman–Crippen MR) is 111 cm³/mol. The SMILES string of the molecule is Cc1ccc(C(F)(F)F)cc1Nc1cc(-c2cccnc2)nc(NC2CCCC2)n1. The summed E-state index contributed by atoms with van der Waals surface area (Å²) in [5.74, 6) is 0.877. The number of benzene rings is 1. The standard InChI is InChI=1S/C22H22F3N5/c1-14-8-9-16(22(23,24)25)11-18(14)28-20-12-19(15-5-4-10-26-13-15)29-21(30-20)27-17-6-2-3-7-17/h4-5,8-13,17H,2-3,6-7H2,1H3,(H2,27,28,29,30). The molecule has 30 heavy (non-hydrogen) atoms. The first-order valence-corrected chi connectivity index (χ1v) is 9.89. The Morgan fingerprint density at radius 2 is 1.83 bits per heavy atom. The Kier molecular flexibility index (Phi) is 5.57. The topological polar surface area (TPSA) is 62.7 Å². The van der Waals surface area contributed by atoms with Gasteiger partial charge in [0, 0.05) is 35.8 Å². The molecule has 2 aromatic heterocycles. The zero-order valence-corrected chi connectivity index (χ0v) is 16.5. The molecule has 0 aliphatic heterocycles. The van der Waals surface area contributed by atoms with Crippen LogP contribution in [-0.2, 0) is 6.18 Å². The Bertz CT molecular complexity index is 1020. The van der Waals surface area contributed by atoms with Crippen molar-refractivity contribution in [3.63, 3.8) is 0 Å². The molecule has 1 saturated carbocycles. The molecule has 1 aliphatic rings. The summed E-state index contributed by atoms with van der Waals surface area (Å²) in [6.07, 6.45) is 3.38. The van der Waals surface area contributed by atoms with Gasteiger partial charge in [0.25, 0.3) is 0 Å². The molecule has 3 aromatic rings. The van der Waals surface area contributed by atoms with Crippen molar-refractivity contribution in [2.75, 3.05) is 10.6 Å². The molecule has 4 rings (SSSR count). The van der Waals surface area contributed by atoms with Crippen LogP contribution < -0.4 is 10.6 Å². The van der Waals surface area contributed by atoms with Crippen LogP contribution in [0.1, 0.15) is 36.8 Å². The minimum Gasteiger partial charge on any atom is -0.351 e. The Hall–Kier alpha value is -3.16. The quantitative estimate of drug-likeness (QED) is 0.540. The summed E-state index contributed by atoms with van der Waals surface area (Å²) in [7, 11) is 0. The average Bonchev–Trinajstić information content (AvgIpc) is 3.22. The summed E-state index contributed by atoms with van der Waals surface area (Å²) < 4.78 is 39.4. The highest BCUT2D eigenvalue weighted by atomic mass is 19.4. The third-order valence-corrected chi connectivity index (χ3v) is 5.20. The van der Waals surface area contributed by atoms with E-state index >= 15 is 0 Å². The number of anilines is 3. The van der Waals surface area contributed by atoms with Gasteiger partial charge < -0.3 is 10.6 Å². The molecule has 156 valence electrons. The van der Waals surface area contributed by atoms with E-state index < -0.39 is 11.7 Å². The second-order valence-corrected chi connectivity index (χ2v) is 7.48. The first-order chi connectivity index (χ1) is 14.4. The van der Waals surface area contributed by atoms with Crippen LogP contribution in [-0.4, -0.2) is 21.0 Å². The molecule has 1 aromatic carbocycles. The van der Waals surface area contributed by atoms with Crippen molar-refractivity contribution < 1.29 is 13.2 Å². The fraction of sp³-hybridized carbons (Fsp3) is 0.318. The van der Waals surface area contributed by atoms with Gasteiger partial charge in [0.1, 0.15) is 5.82 Å². The van der Waals surface area contributed by atoms with Gasteiger partial charge >= 0.3 is 6.18 Å². The molecule has 2 N–H and O–H groups in total. The number of aromatic nitrogens is 3. The van der Waals surface area contributed by atoms with Gasteiger partial charge in [0.05, 0.1) is 11.3 Å². The van der Waals surface area contributed by atoms with Crippen LogP contribution in [0.15, 0.2) is 48.8 Å². The monoisotopic (exact) mass is 413 g/mol. The van der Waals surface area contributed by atoms with Crippen LogP contribution in [0.3, 0.4) is 0 Å². The first kappa shape index (κ1) is 20.1. The fourth-order valence-corrected chi connectivity index (χ4v) is 3.56. The number of nitrogens with one attached hydrogen (secondary N) is 2. The van der Waals surface area contributed by atoms with Crippen LogP contribution in [0.2, 0.25) is 0 Å². The third kappa shape index (κ3) is 4.69.